The first-order valence-electron chi connectivity index (χ1n) is 5.52. The Morgan fingerprint density at radius 3 is 2.26 bits per heavy atom. The molecule has 0 aliphatic rings. The molecule has 0 aliphatic carbocycles. The van der Waals surface area contributed by atoms with Crippen molar-refractivity contribution >= 4 is 23.4 Å². The molecule has 19 heavy (non-hydrogen) atoms. The molecule has 2 aromatic carbocycles. The normalized spacial score (nSPS) is 11.1. The largest absolute Gasteiger partial charge is 0.380 e. The highest BCUT2D eigenvalue weighted by molar-refractivity contribution is 6.30. The van der Waals surface area contributed by atoms with Crippen LogP contribution >= 0.6 is 11.6 Å². The molecule has 0 atom stereocenters. The van der Waals surface area contributed by atoms with Crippen LogP contribution in [-0.4, -0.2) is 11.8 Å². The highest BCUT2D eigenvalue weighted by Crippen LogP contribution is 2.09. The van der Waals surface area contributed by atoms with Gasteiger partial charge in [-0.05, 0) is 36.4 Å². The van der Waals surface area contributed by atoms with E-state index in [4.69, 9.17) is 22.2 Å². The average Bonchev–Trinajstić information content (AvgIpc) is 2.46. The number of hydrogen-bond acceptors (Lipinski definition) is 3. The Bertz CT molecular complexity index is 595. The monoisotopic (exact) mass is 274 g/mol. The van der Waals surface area contributed by atoms with Gasteiger partial charge in [0.2, 0.25) is 0 Å². The SMILES string of the molecule is N/C(=N/OC(=O)c1ccccc1)c1ccc(Cl)cc1. The predicted molar refractivity (Wildman–Crippen MR) is 74.0 cm³/mol. The summed E-state index contributed by atoms with van der Waals surface area (Å²) in [5.74, 6) is -0.446. The second kappa shape index (κ2) is 6.02. The van der Waals surface area contributed by atoms with E-state index in [0.29, 0.717) is 16.1 Å². The van der Waals surface area contributed by atoms with Gasteiger partial charge in [0.1, 0.15) is 0 Å². The lowest BCUT2D eigenvalue weighted by atomic mass is 10.2. The van der Waals surface area contributed by atoms with Crippen LogP contribution in [0.3, 0.4) is 0 Å². The number of nitrogens with two attached hydrogens (primary N) is 1. The highest BCUT2D eigenvalue weighted by Gasteiger charge is 2.06. The second-order valence-electron chi connectivity index (χ2n) is 3.73. The van der Waals surface area contributed by atoms with Gasteiger partial charge in [-0.3, -0.25) is 0 Å². The first kappa shape index (κ1) is 13.1. The molecule has 4 nitrogen and oxygen atoms in total. The molecule has 0 spiro atoms. The maximum absolute atomic E-state index is 11.6. The third-order valence-corrected chi connectivity index (χ3v) is 2.63. The highest BCUT2D eigenvalue weighted by atomic mass is 35.5. The standard InChI is InChI=1S/C14H11ClN2O2/c15-12-8-6-10(7-9-12)13(16)17-19-14(18)11-4-2-1-3-5-11/h1-9H,(H2,16,17). The Balaban J connectivity index is 2.06. The zero-order chi connectivity index (χ0) is 13.7. The third kappa shape index (κ3) is 3.56. The van der Waals surface area contributed by atoms with Crippen molar-refractivity contribution in [2.24, 2.45) is 10.9 Å². The van der Waals surface area contributed by atoms with E-state index in [9.17, 15) is 4.79 Å². The smallest absolute Gasteiger partial charge is 0.365 e. The third-order valence-electron chi connectivity index (χ3n) is 2.38. The van der Waals surface area contributed by atoms with Crippen molar-refractivity contribution in [1.29, 1.82) is 0 Å². The quantitative estimate of drug-likeness (QED) is 0.405. The van der Waals surface area contributed by atoms with Gasteiger partial charge < -0.3 is 10.6 Å². The molecule has 0 amide bonds. The molecule has 5 heteroatoms. The van der Waals surface area contributed by atoms with Crippen LogP contribution in [0.1, 0.15) is 15.9 Å². The fourth-order valence-electron chi connectivity index (χ4n) is 1.39. The number of amidine groups is 1. The van der Waals surface area contributed by atoms with Crippen molar-refractivity contribution in [2.75, 3.05) is 0 Å². The lowest BCUT2D eigenvalue weighted by Crippen LogP contribution is -2.15. The summed E-state index contributed by atoms with van der Waals surface area (Å²) in [5, 5.41) is 4.20. The first-order valence-corrected chi connectivity index (χ1v) is 5.90. The Morgan fingerprint density at radius 2 is 1.63 bits per heavy atom. The van der Waals surface area contributed by atoms with E-state index in [0.717, 1.165) is 0 Å². The summed E-state index contributed by atoms with van der Waals surface area (Å²) in [6.45, 7) is 0. The molecule has 0 heterocycles. The van der Waals surface area contributed by atoms with Crippen LogP contribution < -0.4 is 5.73 Å². The molecular weight excluding hydrogens is 264 g/mol. The van der Waals surface area contributed by atoms with E-state index in [2.05, 4.69) is 5.16 Å². The molecule has 96 valence electrons. The number of halogens is 1. The van der Waals surface area contributed by atoms with Crippen molar-refractivity contribution in [3.05, 3.63) is 70.7 Å². The van der Waals surface area contributed by atoms with E-state index in [1.807, 2.05) is 6.07 Å². The van der Waals surface area contributed by atoms with Crippen molar-refractivity contribution in [3.8, 4) is 0 Å². The fraction of sp³-hybridized carbons (Fsp3) is 0. The summed E-state index contributed by atoms with van der Waals surface area (Å²) in [5.41, 5.74) is 6.74. The molecule has 0 aliphatic heterocycles. The van der Waals surface area contributed by atoms with Gasteiger partial charge in [0.25, 0.3) is 0 Å². The minimum absolute atomic E-state index is 0.112. The van der Waals surface area contributed by atoms with Crippen molar-refractivity contribution in [1.82, 2.24) is 0 Å². The average molecular weight is 275 g/mol. The van der Waals surface area contributed by atoms with Crippen LogP contribution in [0.2, 0.25) is 5.02 Å². The van der Waals surface area contributed by atoms with E-state index in [-0.39, 0.29) is 5.84 Å². The molecule has 2 rings (SSSR count). The number of oxime groups is 1. The molecule has 0 aromatic heterocycles. The molecule has 0 saturated carbocycles. The van der Waals surface area contributed by atoms with E-state index in [1.54, 1.807) is 48.5 Å². The Labute approximate surface area is 115 Å². The van der Waals surface area contributed by atoms with Gasteiger partial charge in [-0.25, -0.2) is 4.79 Å². The number of nitrogens with zero attached hydrogens (tertiary/aromatic N) is 1. The summed E-state index contributed by atoms with van der Waals surface area (Å²) >= 11 is 5.76. The van der Waals surface area contributed by atoms with Gasteiger partial charge in [0.15, 0.2) is 5.84 Å². The Hall–Kier alpha value is -2.33. The molecule has 0 fully saturated rings. The molecule has 0 radical (unpaired) electrons. The van der Waals surface area contributed by atoms with E-state index < -0.39 is 5.97 Å². The van der Waals surface area contributed by atoms with Crippen molar-refractivity contribution < 1.29 is 9.63 Å². The summed E-state index contributed by atoms with van der Waals surface area (Å²) < 4.78 is 0. The molecule has 0 saturated heterocycles. The number of rotatable bonds is 3. The van der Waals surface area contributed by atoms with Gasteiger partial charge >= 0.3 is 5.97 Å². The molecule has 0 unspecified atom stereocenters. The lowest BCUT2D eigenvalue weighted by molar-refractivity contribution is 0.0516. The number of carbonyl (C=O) groups excluding carboxylic acids is 1. The molecule has 0 bridgehead atoms. The van der Waals surface area contributed by atoms with Crippen molar-refractivity contribution in [2.45, 2.75) is 0 Å². The van der Waals surface area contributed by atoms with Crippen LogP contribution in [0.15, 0.2) is 59.8 Å². The minimum Gasteiger partial charge on any atom is -0.380 e. The van der Waals surface area contributed by atoms with E-state index >= 15 is 0 Å². The summed E-state index contributed by atoms with van der Waals surface area (Å²) in [4.78, 5) is 16.4. The number of benzene rings is 2. The van der Waals surface area contributed by atoms with Gasteiger partial charge in [-0.2, -0.15) is 0 Å². The minimum atomic E-state index is -0.558. The topological polar surface area (TPSA) is 64.7 Å². The summed E-state index contributed by atoms with van der Waals surface area (Å²) in [6, 6.07) is 15.3. The van der Waals surface area contributed by atoms with Gasteiger partial charge in [-0.1, -0.05) is 35.0 Å². The first-order chi connectivity index (χ1) is 9.16. The summed E-state index contributed by atoms with van der Waals surface area (Å²) in [7, 11) is 0. The van der Waals surface area contributed by atoms with Crippen LogP contribution in [0.4, 0.5) is 0 Å². The van der Waals surface area contributed by atoms with Gasteiger partial charge in [-0.15, -0.1) is 0 Å². The van der Waals surface area contributed by atoms with E-state index in [1.165, 1.54) is 0 Å². The van der Waals surface area contributed by atoms with Crippen LogP contribution in [0.5, 0.6) is 0 Å². The maximum Gasteiger partial charge on any atom is 0.365 e. The second-order valence-corrected chi connectivity index (χ2v) is 4.16. The number of carbonyl (C=O) groups is 1. The Morgan fingerprint density at radius 1 is 1.00 bits per heavy atom. The predicted octanol–water partition coefficient (Wildman–Crippen LogP) is 2.82. The van der Waals surface area contributed by atoms with Crippen LogP contribution in [0.25, 0.3) is 0 Å². The van der Waals surface area contributed by atoms with Gasteiger partial charge in [0, 0.05) is 10.6 Å². The molecule has 2 aromatic rings. The molecule has 2 N–H and O–H groups in total. The van der Waals surface area contributed by atoms with Gasteiger partial charge in [0.05, 0.1) is 5.56 Å². The van der Waals surface area contributed by atoms with Crippen LogP contribution in [0, 0.1) is 0 Å². The van der Waals surface area contributed by atoms with Crippen LogP contribution in [-0.2, 0) is 4.84 Å². The number of hydrogen-bond donors (Lipinski definition) is 1. The Kier molecular flexibility index (Phi) is 4.15. The van der Waals surface area contributed by atoms with Crippen molar-refractivity contribution in [3.63, 3.8) is 0 Å². The maximum atomic E-state index is 11.6. The summed E-state index contributed by atoms with van der Waals surface area (Å²) in [6.07, 6.45) is 0. The zero-order valence-corrected chi connectivity index (χ0v) is 10.7. The fourth-order valence-corrected chi connectivity index (χ4v) is 1.52. The molecular formula is C14H11ClN2O2. The lowest BCUT2D eigenvalue weighted by Gasteiger charge is -2.01. The zero-order valence-electron chi connectivity index (χ0n) is 9.92.